The summed E-state index contributed by atoms with van der Waals surface area (Å²) in [4.78, 5) is 23.2. The van der Waals surface area contributed by atoms with Gasteiger partial charge in [0.25, 0.3) is 5.56 Å². The summed E-state index contributed by atoms with van der Waals surface area (Å²) in [5, 5.41) is 6.80. The summed E-state index contributed by atoms with van der Waals surface area (Å²) in [6, 6.07) is 0.479. The van der Waals surface area contributed by atoms with Crippen LogP contribution in [0.3, 0.4) is 0 Å². The predicted octanol–water partition coefficient (Wildman–Crippen LogP) is 1.79. The SMILES string of the molecule is CCn1ccnc(N2CCC(NCc3nc(C)cs3)CC2)c1=O. The summed E-state index contributed by atoms with van der Waals surface area (Å²) in [5.74, 6) is 0.586. The number of thiazole rings is 1. The monoisotopic (exact) mass is 333 g/mol. The van der Waals surface area contributed by atoms with Crippen LogP contribution in [0.15, 0.2) is 22.6 Å². The van der Waals surface area contributed by atoms with E-state index in [0.717, 1.165) is 43.2 Å². The Hall–Kier alpha value is -1.73. The van der Waals surface area contributed by atoms with Gasteiger partial charge in [0.1, 0.15) is 5.01 Å². The quantitative estimate of drug-likeness (QED) is 0.904. The van der Waals surface area contributed by atoms with Crippen molar-refractivity contribution in [3.8, 4) is 0 Å². The lowest BCUT2D eigenvalue weighted by Crippen LogP contribution is -2.44. The molecule has 0 spiro atoms. The van der Waals surface area contributed by atoms with E-state index in [-0.39, 0.29) is 5.56 Å². The third-order valence-electron chi connectivity index (χ3n) is 4.24. The molecule has 1 aliphatic rings. The highest BCUT2D eigenvalue weighted by Crippen LogP contribution is 2.16. The second kappa shape index (κ2) is 7.23. The second-order valence-electron chi connectivity index (χ2n) is 5.87. The summed E-state index contributed by atoms with van der Waals surface area (Å²) in [6.07, 6.45) is 5.50. The maximum atomic E-state index is 12.3. The van der Waals surface area contributed by atoms with Crippen molar-refractivity contribution in [3.05, 3.63) is 38.8 Å². The Labute approximate surface area is 140 Å². The van der Waals surface area contributed by atoms with Gasteiger partial charge in [0.15, 0.2) is 5.82 Å². The van der Waals surface area contributed by atoms with Crippen molar-refractivity contribution in [1.29, 1.82) is 0 Å². The number of nitrogens with zero attached hydrogens (tertiary/aromatic N) is 4. The van der Waals surface area contributed by atoms with Gasteiger partial charge in [-0.2, -0.15) is 0 Å². The van der Waals surface area contributed by atoms with Crippen LogP contribution >= 0.6 is 11.3 Å². The highest BCUT2D eigenvalue weighted by Gasteiger charge is 2.22. The van der Waals surface area contributed by atoms with Crippen molar-refractivity contribution in [3.63, 3.8) is 0 Å². The highest BCUT2D eigenvalue weighted by atomic mass is 32.1. The van der Waals surface area contributed by atoms with Gasteiger partial charge in [0.2, 0.25) is 0 Å². The van der Waals surface area contributed by atoms with Crippen LogP contribution in [0, 0.1) is 6.92 Å². The van der Waals surface area contributed by atoms with E-state index in [1.165, 1.54) is 0 Å². The number of aromatic nitrogens is 3. The van der Waals surface area contributed by atoms with E-state index >= 15 is 0 Å². The molecule has 1 fully saturated rings. The second-order valence-corrected chi connectivity index (χ2v) is 6.81. The van der Waals surface area contributed by atoms with Crippen molar-refractivity contribution in [2.45, 2.75) is 45.8 Å². The fraction of sp³-hybridized carbons (Fsp3) is 0.562. The Balaban J connectivity index is 1.55. The molecule has 0 bridgehead atoms. The number of hydrogen-bond acceptors (Lipinski definition) is 6. The molecule has 0 unspecified atom stereocenters. The molecule has 0 amide bonds. The van der Waals surface area contributed by atoms with Gasteiger partial charge in [0.05, 0.1) is 0 Å². The van der Waals surface area contributed by atoms with Crippen LogP contribution in [0.25, 0.3) is 0 Å². The van der Waals surface area contributed by atoms with Crippen LogP contribution in [0.1, 0.15) is 30.5 Å². The first-order valence-electron chi connectivity index (χ1n) is 8.12. The molecule has 1 N–H and O–H groups in total. The average Bonchev–Trinajstić information content (AvgIpc) is 2.99. The molecular weight excluding hydrogens is 310 g/mol. The maximum absolute atomic E-state index is 12.3. The molecule has 0 aromatic carbocycles. The van der Waals surface area contributed by atoms with E-state index in [2.05, 4.69) is 25.6 Å². The number of anilines is 1. The number of rotatable bonds is 5. The van der Waals surface area contributed by atoms with Crippen LogP contribution in [0.2, 0.25) is 0 Å². The van der Waals surface area contributed by atoms with Gasteiger partial charge in [-0.15, -0.1) is 11.3 Å². The van der Waals surface area contributed by atoms with Gasteiger partial charge < -0.3 is 14.8 Å². The van der Waals surface area contributed by atoms with Crippen molar-refractivity contribution in [1.82, 2.24) is 19.9 Å². The first-order valence-corrected chi connectivity index (χ1v) is 9.00. The zero-order valence-electron chi connectivity index (χ0n) is 13.7. The van der Waals surface area contributed by atoms with Crippen molar-refractivity contribution >= 4 is 17.2 Å². The van der Waals surface area contributed by atoms with E-state index in [4.69, 9.17) is 0 Å². The molecule has 124 valence electrons. The third-order valence-corrected chi connectivity index (χ3v) is 5.21. The molecule has 3 heterocycles. The zero-order chi connectivity index (χ0) is 16.2. The lowest BCUT2D eigenvalue weighted by Gasteiger charge is -2.32. The normalized spacial score (nSPS) is 16.0. The predicted molar refractivity (Wildman–Crippen MR) is 93.1 cm³/mol. The topological polar surface area (TPSA) is 63.1 Å². The van der Waals surface area contributed by atoms with Crippen LogP contribution in [-0.2, 0) is 13.1 Å². The molecule has 3 rings (SSSR count). The van der Waals surface area contributed by atoms with Gasteiger partial charge in [0, 0.05) is 55.7 Å². The van der Waals surface area contributed by atoms with Gasteiger partial charge in [-0.05, 0) is 26.7 Å². The largest absolute Gasteiger partial charge is 0.352 e. The molecule has 2 aromatic heterocycles. The molecule has 0 radical (unpaired) electrons. The Kier molecular flexibility index (Phi) is 5.07. The van der Waals surface area contributed by atoms with Crippen LogP contribution in [-0.4, -0.2) is 33.7 Å². The molecule has 23 heavy (non-hydrogen) atoms. The van der Waals surface area contributed by atoms with Crippen LogP contribution in [0.5, 0.6) is 0 Å². The number of hydrogen-bond donors (Lipinski definition) is 1. The van der Waals surface area contributed by atoms with E-state index in [1.807, 2.05) is 13.8 Å². The van der Waals surface area contributed by atoms with Crippen LogP contribution < -0.4 is 15.8 Å². The van der Waals surface area contributed by atoms with Crippen molar-refractivity contribution in [2.24, 2.45) is 0 Å². The maximum Gasteiger partial charge on any atom is 0.293 e. The molecule has 0 atom stereocenters. The molecule has 1 aliphatic heterocycles. The Morgan fingerprint density at radius 2 is 2.17 bits per heavy atom. The third kappa shape index (κ3) is 3.79. The van der Waals surface area contributed by atoms with Crippen LogP contribution in [0.4, 0.5) is 5.82 Å². The molecule has 1 saturated heterocycles. The molecule has 0 saturated carbocycles. The fourth-order valence-corrected chi connectivity index (χ4v) is 3.64. The zero-order valence-corrected chi connectivity index (χ0v) is 14.5. The van der Waals surface area contributed by atoms with Crippen molar-refractivity contribution in [2.75, 3.05) is 18.0 Å². The summed E-state index contributed by atoms with van der Waals surface area (Å²) >= 11 is 1.70. The van der Waals surface area contributed by atoms with E-state index < -0.39 is 0 Å². The van der Waals surface area contributed by atoms with E-state index in [1.54, 1.807) is 28.3 Å². The van der Waals surface area contributed by atoms with E-state index in [9.17, 15) is 4.79 Å². The lowest BCUT2D eigenvalue weighted by molar-refractivity contribution is 0.411. The number of nitrogens with one attached hydrogen (secondary N) is 1. The minimum Gasteiger partial charge on any atom is -0.352 e. The lowest BCUT2D eigenvalue weighted by atomic mass is 10.1. The Bertz CT molecular complexity index is 702. The molecule has 6 nitrogen and oxygen atoms in total. The molecule has 2 aromatic rings. The first-order chi connectivity index (χ1) is 11.2. The van der Waals surface area contributed by atoms with Gasteiger partial charge >= 0.3 is 0 Å². The Morgan fingerprint density at radius 3 is 2.83 bits per heavy atom. The van der Waals surface area contributed by atoms with Gasteiger partial charge in [-0.25, -0.2) is 9.97 Å². The molecule has 0 aliphatic carbocycles. The van der Waals surface area contributed by atoms with Crippen molar-refractivity contribution < 1.29 is 0 Å². The highest BCUT2D eigenvalue weighted by molar-refractivity contribution is 7.09. The standard InChI is InChI=1S/C16H23N5OS/c1-3-20-9-6-17-15(16(20)22)21-7-4-13(5-8-21)18-10-14-19-12(2)11-23-14/h6,9,11,13,18H,3-5,7-8,10H2,1-2H3. The number of piperidine rings is 1. The molecular formula is C16H23N5OS. The first kappa shape index (κ1) is 16.1. The van der Waals surface area contributed by atoms with Gasteiger partial charge in [-0.1, -0.05) is 0 Å². The summed E-state index contributed by atoms with van der Waals surface area (Å²) < 4.78 is 1.71. The fourth-order valence-electron chi connectivity index (χ4n) is 2.91. The van der Waals surface area contributed by atoms with Gasteiger partial charge in [-0.3, -0.25) is 4.79 Å². The summed E-state index contributed by atoms with van der Waals surface area (Å²) in [5.41, 5.74) is 1.10. The summed E-state index contributed by atoms with van der Waals surface area (Å²) in [7, 11) is 0. The molecule has 7 heteroatoms. The smallest absolute Gasteiger partial charge is 0.293 e. The average molecular weight is 333 g/mol. The Morgan fingerprint density at radius 1 is 1.39 bits per heavy atom. The minimum absolute atomic E-state index is 0.0136. The van der Waals surface area contributed by atoms with E-state index in [0.29, 0.717) is 18.4 Å². The number of aryl methyl sites for hydroxylation is 2. The minimum atomic E-state index is 0.0136. The summed E-state index contributed by atoms with van der Waals surface area (Å²) in [6.45, 7) is 7.24.